The zero-order valence-electron chi connectivity index (χ0n) is 12.9. The lowest BCUT2D eigenvalue weighted by Gasteiger charge is -2.25. The number of carbonyl (C=O) groups excluding carboxylic acids is 1. The van der Waals surface area contributed by atoms with Crippen molar-refractivity contribution in [3.05, 3.63) is 24.0 Å². The first kappa shape index (κ1) is 16.0. The van der Waals surface area contributed by atoms with E-state index in [4.69, 9.17) is 4.74 Å². The first-order chi connectivity index (χ1) is 10.3. The van der Waals surface area contributed by atoms with Crippen LogP contribution in [-0.4, -0.2) is 43.3 Å². The SMILES string of the molecule is CCCCOCCNC(=O)c1cccn1C1CCNCC1. The van der Waals surface area contributed by atoms with Crippen molar-refractivity contribution >= 4 is 5.91 Å². The van der Waals surface area contributed by atoms with Gasteiger partial charge in [0.15, 0.2) is 0 Å². The van der Waals surface area contributed by atoms with Crippen LogP contribution in [0.1, 0.15) is 49.1 Å². The Hall–Kier alpha value is -1.33. The summed E-state index contributed by atoms with van der Waals surface area (Å²) in [6, 6.07) is 4.28. The van der Waals surface area contributed by atoms with Crippen molar-refractivity contribution in [3.8, 4) is 0 Å². The van der Waals surface area contributed by atoms with Crippen molar-refractivity contribution in [1.29, 1.82) is 0 Å². The van der Waals surface area contributed by atoms with E-state index in [0.717, 1.165) is 51.1 Å². The molecule has 5 nitrogen and oxygen atoms in total. The largest absolute Gasteiger partial charge is 0.380 e. The molecule has 1 amide bonds. The molecule has 0 saturated carbocycles. The maximum atomic E-state index is 12.3. The summed E-state index contributed by atoms with van der Waals surface area (Å²) in [6.07, 6.45) is 6.38. The summed E-state index contributed by atoms with van der Waals surface area (Å²) >= 11 is 0. The predicted molar refractivity (Wildman–Crippen MR) is 83.6 cm³/mol. The zero-order chi connectivity index (χ0) is 14.9. The van der Waals surface area contributed by atoms with Gasteiger partial charge in [0.25, 0.3) is 5.91 Å². The Labute approximate surface area is 127 Å². The van der Waals surface area contributed by atoms with Crippen LogP contribution >= 0.6 is 0 Å². The Morgan fingerprint density at radius 1 is 1.43 bits per heavy atom. The highest BCUT2D eigenvalue weighted by Gasteiger charge is 2.19. The van der Waals surface area contributed by atoms with Gasteiger partial charge in [-0.25, -0.2) is 0 Å². The third-order valence-corrected chi connectivity index (χ3v) is 3.89. The number of nitrogens with one attached hydrogen (secondary N) is 2. The average molecular weight is 293 g/mol. The van der Waals surface area contributed by atoms with Gasteiger partial charge < -0.3 is 19.9 Å². The van der Waals surface area contributed by atoms with E-state index in [-0.39, 0.29) is 5.91 Å². The first-order valence-electron chi connectivity index (χ1n) is 8.06. The van der Waals surface area contributed by atoms with Crippen molar-refractivity contribution in [2.75, 3.05) is 32.8 Å². The third kappa shape index (κ3) is 4.86. The van der Waals surface area contributed by atoms with Gasteiger partial charge >= 0.3 is 0 Å². The summed E-state index contributed by atoms with van der Waals surface area (Å²) in [7, 11) is 0. The molecule has 1 aromatic heterocycles. The quantitative estimate of drug-likeness (QED) is 0.720. The molecule has 2 heterocycles. The number of amides is 1. The summed E-state index contributed by atoms with van der Waals surface area (Å²) in [6.45, 7) is 6.11. The average Bonchev–Trinajstić information content (AvgIpc) is 3.01. The van der Waals surface area contributed by atoms with E-state index in [2.05, 4.69) is 22.1 Å². The van der Waals surface area contributed by atoms with Crippen LogP contribution in [0.15, 0.2) is 18.3 Å². The molecule has 1 saturated heterocycles. The van der Waals surface area contributed by atoms with Gasteiger partial charge in [-0.05, 0) is 44.5 Å². The van der Waals surface area contributed by atoms with E-state index >= 15 is 0 Å². The minimum atomic E-state index is -0.00220. The monoisotopic (exact) mass is 293 g/mol. The van der Waals surface area contributed by atoms with Crippen molar-refractivity contribution < 1.29 is 9.53 Å². The van der Waals surface area contributed by atoms with Crippen LogP contribution in [0.25, 0.3) is 0 Å². The van der Waals surface area contributed by atoms with E-state index in [1.807, 2.05) is 18.3 Å². The Balaban J connectivity index is 1.78. The number of carbonyl (C=O) groups is 1. The van der Waals surface area contributed by atoms with Crippen LogP contribution in [0.4, 0.5) is 0 Å². The van der Waals surface area contributed by atoms with Gasteiger partial charge in [0.2, 0.25) is 0 Å². The molecule has 0 spiro atoms. The van der Waals surface area contributed by atoms with Crippen LogP contribution in [0.5, 0.6) is 0 Å². The molecule has 21 heavy (non-hydrogen) atoms. The van der Waals surface area contributed by atoms with E-state index in [0.29, 0.717) is 19.2 Å². The number of piperidine rings is 1. The smallest absolute Gasteiger partial charge is 0.267 e. The second kappa shape index (κ2) is 8.85. The van der Waals surface area contributed by atoms with Crippen molar-refractivity contribution in [1.82, 2.24) is 15.2 Å². The van der Waals surface area contributed by atoms with Gasteiger partial charge in [-0.1, -0.05) is 13.3 Å². The Kier molecular flexibility index (Phi) is 6.76. The fourth-order valence-electron chi connectivity index (χ4n) is 2.67. The van der Waals surface area contributed by atoms with E-state index in [1.54, 1.807) is 0 Å². The summed E-state index contributed by atoms with van der Waals surface area (Å²) < 4.78 is 7.58. The molecular formula is C16H27N3O2. The lowest BCUT2D eigenvalue weighted by Crippen LogP contribution is -2.33. The van der Waals surface area contributed by atoms with Crippen LogP contribution in [-0.2, 0) is 4.74 Å². The summed E-state index contributed by atoms with van der Waals surface area (Å²) in [4.78, 5) is 12.3. The first-order valence-corrected chi connectivity index (χ1v) is 8.06. The molecule has 118 valence electrons. The highest BCUT2D eigenvalue weighted by molar-refractivity contribution is 5.92. The molecule has 0 atom stereocenters. The molecule has 0 bridgehead atoms. The minimum Gasteiger partial charge on any atom is -0.380 e. The molecule has 2 N–H and O–H groups in total. The van der Waals surface area contributed by atoms with Crippen molar-refractivity contribution in [2.24, 2.45) is 0 Å². The predicted octanol–water partition coefficient (Wildman–Crippen LogP) is 1.96. The number of hydrogen-bond acceptors (Lipinski definition) is 3. The molecule has 1 aromatic rings. The molecule has 0 aliphatic carbocycles. The fraction of sp³-hybridized carbons (Fsp3) is 0.688. The lowest BCUT2D eigenvalue weighted by molar-refractivity contribution is 0.0900. The summed E-state index contributed by atoms with van der Waals surface area (Å²) in [5.41, 5.74) is 0.760. The topological polar surface area (TPSA) is 55.3 Å². The van der Waals surface area contributed by atoms with E-state index in [9.17, 15) is 4.79 Å². The zero-order valence-corrected chi connectivity index (χ0v) is 12.9. The maximum Gasteiger partial charge on any atom is 0.267 e. The second-order valence-corrected chi connectivity index (χ2v) is 5.50. The van der Waals surface area contributed by atoms with Crippen LogP contribution in [0, 0.1) is 0 Å². The number of hydrogen-bond donors (Lipinski definition) is 2. The normalized spacial score (nSPS) is 16.0. The standard InChI is InChI=1S/C16H27N3O2/c1-2-3-12-21-13-10-18-16(20)15-5-4-11-19(15)14-6-8-17-9-7-14/h4-5,11,14,17H,2-3,6-10,12-13H2,1H3,(H,18,20). The van der Waals surface area contributed by atoms with Gasteiger partial charge in [-0.3, -0.25) is 4.79 Å². The Bertz CT molecular complexity index is 425. The van der Waals surface area contributed by atoms with Crippen LogP contribution in [0.2, 0.25) is 0 Å². The van der Waals surface area contributed by atoms with Crippen LogP contribution in [0.3, 0.4) is 0 Å². The fourth-order valence-corrected chi connectivity index (χ4v) is 2.67. The number of nitrogens with zero attached hydrogens (tertiary/aromatic N) is 1. The van der Waals surface area contributed by atoms with Crippen molar-refractivity contribution in [2.45, 2.75) is 38.6 Å². The molecule has 1 aliphatic heterocycles. The molecule has 0 radical (unpaired) electrons. The third-order valence-electron chi connectivity index (χ3n) is 3.89. The van der Waals surface area contributed by atoms with Crippen molar-refractivity contribution in [3.63, 3.8) is 0 Å². The maximum absolute atomic E-state index is 12.3. The van der Waals surface area contributed by atoms with Gasteiger partial charge in [0.05, 0.1) is 6.61 Å². The van der Waals surface area contributed by atoms with Gasteiger partial charge in [0, 0.05) is 25.4 Å². The lowest BCUT2D eigenvalue weighted by atomic mass is 10.1. The van der Waals surface area contributed by atoms with Gasteiger partial charge in [0.1, 0.15) is 5.69 Å². The Morgan fingerprint density at radius 3 is 3.00 bits per heavy atom. The molecule has 5 heteroatoms. The molecule has 1 aliphatic rings. The number of rotatable bonds is 8. The van der Waals surface area contributed by atoms with Gasteiger partial charge in [-0.15, -0.1) is 0 Å². The number of ether oxygens (including phenoxy) is 1. The summed E-state index contributed by atoms with van der Waals surface area (Å²) in [5, 5.41) is 6.29. The van der Waals surface area contributed by atoms with E-state index in [1.165, 1.54) is 0 Å². The van der Waals surface area contributed by atoms with E-state index < -0.39 is 0 Å². The number of unbranched alkanes of at least 4 members (excludes halogenated alkanes) is 1. The summed E-state index contributed by atoms with van der Waals surface area (Å²) in [5.74, 6) is -0.00220. The van der Waals surface area contributed by atoms with Gasteiger partial charge in [-0.2, -0.15) is 0 Å². The molecule has 0 unspecified atom stereocenters. The second-order valence-electron chi connectivity index (χ2n) is 5.50. The van der Waals surface area contributed by atoms with Crippen LogP contribution < -0.4 is 10.6 Å². The number of aromatic nitrogens is 1. The molecule has 0 aromatic carbocycles. The highest BCUT2D eigenvalue weighted by Crippen LogP contribution is 2.21. The Morgan fingerprint density at radius 2 is 2.24 bits per heavy atom. The molecular weight excluding hydrogens is 266 g/mol. The molecule has 1 fully saturated rings. The molecule has 2 rings (SSSR count). The minimum absolute atomic E-state index is 0.00220. The highest BCUT2D eigenvalue weighted by atomic mass is 16.5.